The van der Waals surface area contributed by atoms with Gasteiger partial charge in [-0.15, -0.1) is 0 Å². The lowest BCUT2D eigenvalue weighted by Gasteiger charge is -2.23. The maximum absolute atomic E-state index is 5.36. The fraction of sp³-hybridized carbons (Fsp3) is 0.600. The van der Waals surface area contributed by atoms with E-state index < -0.39 is 0 Å². The average Bonchev–Trinajstić information content (AvgIpc) is 2.37. The minimum Gasteiger partial charge on any atom is -0.493 e. The van der Waals surface area contributed by atoms with Crippen molar-refractivity contribution in [1.29, 1.82) is 0 Å². The summed E-state index contributed by atoms with van der Waals surface area (Å²) in [5.74, 6) is 2.57. The first-order valence-electron chi connectivity index (χ1n) is 6.44. The summed E-state index contributed by atoms with van der Waals surface area (Å²) in [5.41, 5.74) is 1.22. The van der Waals surface area contributed by atoms with Crippen LogP contribution in [0.4, 0.5) is 0 Å². The molecular formula is C15H25NO2S. The Labute approximate surface area is 121 Å². The summed E-state index contributed by atoms with van der Waals surface area (Å²) in [4.78, 5) is 0. The van der Waals surface area contributed by atoms with E-state index in [-0.39, 0.29) is 4.75 Å². The molecule has 1 unspecified atom stereocenters. The molecule has 0 aliphatic rings. The standard InChI is InChI=1S/C15H25NO2S/c1-15(2,3)19-10-12(16-4)11-7-8-13(17-5)14(9-11)18-6/h7-9,12,16H,10H2,1-6H3. The number of methoxy groups -OCH3 is 2. The molecule has 0 aliphatic carbocycles. The maximum atomic E-state index is 5.36. The Morgan fingerprint density at radius 3 is 2.26 bits per heavy atom. The third-order valence-corrected chi connectivity index (χ3v) is 4.21. The molecule has 1 N–H and O–H groups in total. The van der Waals surface area contributed by atoms with E-state index in [2.05, 4.69) is 32.2 Å². The Balaban J connectivity index is 2.86. The number of thioether (sulfide) groups is 1. The van der Waals surface area contributed by atoms with Crippen LogP contribution < -0.4 is 14.8 Å². The number of ether oxygens (including phenoxy) is 2. The van der Waals surface area contributed by atoms with E-state index in [0.29, 0.717) is 6.04 Å². The van der Waals surface area contributed by atoms with Crippen LogP contribution >= 0.6 is 11.8 Å². The van der Waals surface area contributed by atoms with Gasteiger partial charge >= 0.3 is 0 Å². The Bertz CT molecular complexity index is 402. The molecule has 0 amide bonds. The molecule has 0 bridgehead atoms. The predicted molar refractivity (Wildman–Crippen MR) is 83.6 cm³/mol. The number of rotatable bonds is 6. The van der Waals surface area contributed by atoms with Crippen molar-refractivity contribution in [1.82, 2.24) is 5.32 Å². The van der Waals surface area contributed by atoms with Gasteiger partial charge in [-0.2, -0.15) is 11.8 Å². The lowest BCUT2D eigenvalue weighted by molar-refractivity contribution is 0.354. The van der Waals surface area contributed by atoms with E-state index in [1.807, 2.05) is 30.9 Å². The van der Waals surface area contributed by atoms with Crippen LogP contribution in [0.1, 0.15) is 32.4 Å². The zero-order chi connectivity index (χ0) is 14.5. The van der Waals surface area contributed by atoms with Crippen molar-refractivity contribution in [2.75, 3.05) is 27.0 Å². The van der Waals surface area contributed by atoms with Crippen LogP contribution in [-0.4, -0.2) is 31.8 Å². The van der Waals surface area contributed by atoms with Crippen LogP contribution in [0.25, 0.3) is 0 Å². The summed E-state index contributed by atoms with van der Waals surface area (Å²) in [6.45, 7) is 6.71. The van der Waals surface area contributed by atoms with Crippen LogP contribution in [0.3, 0.4) is 0 Å². The SMILES string of the molecule is CNC(CSC(C)(C)C)c1ccc(OC)c(OC)c1. The summed E-state index contributed by atoms with van der Waals surface area (Å²) < 4.78 is 10.9. The van der Waals surface area contributed by atoms with E-state index in [1.165, 1.54) is 5.56 Å². The molecule has 0 heterocycles. The molecule has 1 rings (SSSR count). The number of hydrogen-bond donors (Lipinski definition) is 1. The van der Waals surface area contributed by atoms with Crippen molar-refractivity contribution < 1.29 is 9.47 Å². The molecule has 4 heteroatoms. The van der Waals surface area contributed by atoms with Crippen molar-refractivity contribution in [3.63, 3.8) is 0 Å². The van der Waals surface area contributed by atoms with Gasteiger partial charge in [-0.05, 0) is 24.7 Å². The topological polar surface area (TPSA) is 30.5 Å². The monoisotopic (exact) mass is 283 g/mol. The fourth-order valence-electron chi connectivity index (χ4n) is 1.75. The lowest BCUT2D eigenvalue weighted by atomic mass is 10.1. The molecule has 0 aromatic heterocycles. The van der Waals surface area contributed by atoms with Crippen LogP contribution in [0, 0.1) is 0 Å². The molecule has 0 saturated carbocycles. The summed E-state index contributed by atoms with van der Waals surface area (Å²) in [6.07, 6.45) is 0. The largest absolute Gasteiger partial charge is 0.493 e. The predicted octanol–water partition coefficient (Wildman–Crippen LogP) is 3.50. The third-order valence-electron chi connectivity index (χ3n) is 2.84. The van der Waals surface area contributed by atoms with Crippen LogP contribution in [0.15, 0.2) is 18.2 Å². The van der Waals surface area contributed by atoms with E-state index in [4.69, 9.17) is 9.47 Å². The highest BCUT2D eigenvalue weighted by atomic mass is 32.2. The van der Waals surface area contributed by atoms with Gasteiger partial charge in [0.15, 0.2) is 11.5 Å². The van der Waals surface area contributed by atoms with Gasteiger partial charge in [0.1, 0.15) is 0 Å². The first kappa shape index (κ1) is 16.2. The summed E-state index contributed by atoms with van der Waals surface area (Å²) >= 11 is 1.95. The second-order valence-corrected chi connectivity index (χ2v) is 7.23. The second kappa shape index (κ2) is 7.06. The smallest absolute Gasteiger partial charge is 0.161 e. The van der Waals surface area contributed by atoms with Crippen LogP contribution in [0.5, 0.6) is 11.5 Å². The van der Waals surface area contributed by atoms with Crippen molar-refractivity contribution in [2.24, 2.45) is 0 Å². The molecule has 108 valence electrons. The second-order valence-electron chi connectivity index (χ2n) is 5.38. The van der Waals surface area contributed by atoms with E-state index in [0.717, 1.165) is 17.3 Å². The number of nitrogens with one attached hydrogen (secondary N) is 1. The van der Waals surface area contributed by atoms with Crippen molar-refractivity contribution in [2.45, 2.75) is 31.6 Å². The number of hydrogen-bond acceptors (Lipinski definition) is 4. The van der Waals surface area contributed by atoms with Crippen molar-refractivity contribution in [3.8, 4) is 11.5 Å². The molecule has 19 heavy (non-hydrogen) atoms. The van der Waals surface area contributed by atoms with Gasteiger partial charge in [-0.25, -0.2) is 0 Å². The van der Waals surface area contributed by atoms with E-state index in [9.17, 15) is 0 Å². The van der Waals surface area contributed by atoms with Gasteiger partial charge in [0.05, 0.1) is 14.2 Å². The average molecular weight is 283 g/mol. The molecule has 0 spiro atoms. The van der Waals surface area contributed by atoms with Gasteiger partial charge in [0.25, 0.3) is 0 Å². The fourth-order valence-corrected chi connectivity index (χ4v) is 2.77. The highest BCUT2D eigenvalue weighted by Crippen LogP contribution is 2.33. The quantitative estimate of drug-likeness (QED) is 0.865. The molecule has 3 nitrogen and oxygen atoms in total. The highest BCUT2D eigenvalue weighted by molar-refractivity contribution is 8.00. The lowest BCUT2D eigenvalue weighted by Crippen LogP contribution is -2.21. The van der Waals surface area contributed by atoms with Gasteiger partial charge < -0.3 is 14.8 Å². The highest BCUT2D eigenvalue weighted by Gasteiger charge is 2.17. The molecule has 0 radical (unpaired) electrons. The minimum absolute atomic E-state index is 0.270. The molecular weight excluding hydrogens is 258 g/mol. The summed E-state index contributed by atoms with van der Waals surface area (Å²) in [6, 6.07) is 6.40. The molecule has 0 saturated heterocycles. The minimum atomic E-state index is 0.270. The Morgan fingerprint density at radius 2 is 1.79 bits per heavy atom. The Kier molecular flexibility index (Phi) is 6.01. The van der Waals surface area contributed by atoms with Crippen molar-refractivity contribution >= 4 is 11.8 Å². The third kappa shape index (κ3) is 4.96. The maximum Gasteiger partial charge on any atom is 0.161 e. The number of benzene rings is 1. The van der Waals surface area contributed by atoms with E-state index >= 15 is 0 Å². The summed E-state index contributed by atoms with van der Waals surface area (Å²) in [5, 5.41) is 3.36. The zero-order valence-corrected chi connectivity index (χ0v) is 13.6. The molecule has 1 aromatic rings. The van der Waals surface area contributed by atoms with Crippen molar-refractivity contribution in [3.05, 3.63) is 23.8 Å². The Morgan fingerprint density at radius 1 is 1.16 bits per heavy atom. The van der Waals surface area contributed by atoms with Gasteiger partial charge in [-0.1, -0.05) is 26.8 Å². The normalized spacial score (nSPS) is 13.2. The molecule has 0 aliphatic heterocycles. The molecule has 1 atom stereocenters. The van der Waals surface area contributed by atoms with Gasteiger partial charge in [0, 0.05) is 16.5 Å². The van der Waals surface area contributed by atoms with Crippen LogP contribution in [-0.2, 0) is 0 Å². The van der Waals surface area contributed by atoms with Crippen LogP contribution in [0.2, 0.25) is 0 Å². The molecule has 1 aromatic carbocycles. The summed E-state index contributed by atoms with van der Waals surface area (Å²) in [7, 11) is 5.31. The van der Waals surface area contributed by atoms with E-state index in [1.54, 1.807) is 14.2 Å². The molecule has 0 fully saturated rings. The first-order chi connectivity index (χ1) is 8.91. The zero-order valence-electron chi connectivity index (χ0n) is 12.7. The van der Waals surface area contributed by atoms with Gasteiger partial charge in [-0.3, -0.25) is 0 Å². The van der Waals surface area contributed by atoms with Gasteiger partial charge in [0.2, 0.25) is 0 Å². The first-order valence-corrected chi connectivity index (χ1v) is 7.43. The Hall–Kier alpha value is -0.870.